The van der Waals surface area contributed by atoms with Crippen LogP contribution in [0.3, 0.4) is 0 Å². The van der Waals surface area contributed by atoms with Crippen molar-refractivity contribution in [2.75, 3.05) is 0 Å². The summed E-state index contributed by atoms with van der Waals surface area (Å²) in [5.74, 6) is 3.74. The fourth-order valence-electron chi connectivity index (χ4n) is 18.3. The molecule has 548 valence electrons. The van der Waals surface area contributed by atoms with E-state index in [2.05, 4.69) is 410 Å². The molecule has 0 radical (unpaired) electrons. The van der Waals surface area contributed by atoms with Gasteiger partial charge in [-0.25, -0.2) is 39.6 Å². The normalized spacial score (nSPS) is 12.5. The fourth-order valence-corrected chi connectivity index (χ4v) is 18.3. The first-order chi connectivity index (χ1) is 58.4. The monoisotopic (exact) mass is 1500 g/mol. The first-order valence-corrected chi connectivity index (χ1v) is 39.6. The molecule has 0 N–H and O–H groups in total. The molecule has 18 aromatic carbocycles. The van der Waals surface area contributed by atoms with Crippen molar-refractivity contribution in [2.45, 2.75) is 10.8 Å². The molecule has 22 rings (SSSR count). The lowest BCUT2D eigenvalue weighted by Crippen LogP contribution is -2.28. The summed E-state index contributed by atoms with van der Waals surface area (Å²) < 4.78 is 0. The van der Waals surface area contributed by atoms with Crippen molar-refractivity contribution in [1.29, 1.82) is 0 Å². The molecule has 0 fully saturated rings. The summed E-state index contributed by atoms with van der Waals surface area (Å²) in [4.78, 5) is 38.6. The van der Waals surface area contributed by atoms with E-state index in [1.165, 1.54) is 55.3 Å². The number of aromatic nitrogens is 6. The van der Waals surface area contributed by atoms with Gasteiger partial charge in [0.15, 0.2) is 46.3 Å². The lowest BCUT2D eigenvalue weighted by molar-refractivity contribution is 0.769. The highest BCUT2D eigenvalue weighted by Crippen LogP contribution is 2.61. The van der Waals surface area contributed by atoms with Crippen molar-refractivity contribution in [3.8, 4) is 113 Å². The molecule has 0 unspecified atom stereocenters. The highest BCUT2D eigenvalue weighted by atomic mass is 15.0. The molecular formula is C110H68N8. The molecule has 0 saturated heterocycles. The standard InChI is InChI=1S/2C55H34N4/c1-56-42-33-34-48-50(35-42)55(40-19-4-2-5-20-40,41-21-6-3-7-22-41)49-28-14-25-45(51(48)49)38-29-31-39(32-30-38)52-57-53(46-26-12-17-36-15-8-10-23-43(36)46)59-54(58-52)47-27-13-18-37-16-9-11-24-44(37)47;1-56-46-31-32-48-50(35-46)55(44-17-4-2-5-18-44,45-19-6-3-7-20-45)49-22-12-21-47(51(48)49)38-25-27-39(28-26-38)52-57-53(42-29-23-36-13-8-10-15-40(36)33-42)59-54(58-52)43-30-24-37-14-9-11-16-41(37)34-43/h2*2-35H. The summed E-state index contributed by atoms with van der Waals surface area (Å²) in [5.41, 5.74) is 24.0. The van der Waals surface area contributed by atoms with Crippen LogP contribution in [0.4, 0.5) is 11.4 Å². The highest BCUT2D eigenvalue weighted by molar-refractivity contribution is 6.01. The fraction of sp³-hybridized carbons (Fsp3) is 0.0182. The molecule has 8 nitrogen and oxygen atoms in total. The van der Waals surface area contributed by atoms with Crippen molar-refractivity contribution in [2.24, 2.45) is 0 Å². The van der Waals surface area contributed by atoms with E-state index < -0.39 is 10.8 Å². The van der Waals surface area contributed by atoms with E-state index in [0.29, 0.717) is 46.3 Å². The van der Waals surface area contributed by atoms with Crippen LogP contribution in [0.2, 0.25) is 0 Å². The van der Waals surface area contributed by atoms with Crippen molar-refractivity contribution in [3.05, 3.63) is 480 Å². The largest absolute Gasteiger partial charge is 0.238 e. The van der Waals surface area contributed by atoms with Gasteiger partial charge in [-0.2, -0.15) is 0 Å². The number of hydrogen-bond acceptors (Lipinski definition) is 6. The second kappa shape index (κ2) is 29.2. The smallest absolute Gasteiger partial charge is 0.187 e. The van der Waals surface area contributed by atoms with E-state index in [1.54, 1.807) is 0 Å². The van der Waals surface area contributed by atoms with E-state index in [1.807, 2.05) is 12.1 Å². The summed E-state index contributed by atoms with van der Waals surface area (Å²) >= 11 is 0. The quantitative estimate of drug-likeness (QED) is 0.113. The van der Waals surface area contributed by atoms with E-state index in [4.69, 9.17) is 43.0 Å². The second-order valence-electron chi connectivity index (χ2n) is 30.0. The van der Waals surface area contributed by atoms with Gasteiger partial charge in [-0.1, -0.05) is 400 Å². The molecule has 0 spiro atoms. The van der Waals surface area contributed by atoms with E-state index in [9.17, 15) is 0 Å². The number of benzene rings is 18. The zero-order chi connectivity index (χ0) is 78.7. The van der Waals surface area contributed by atoms with Crippen molar-refractivity contribution in [3.63, 3.8) is 0 Å². The molecule has 118 heavy (non-hydrogen) atoms. The molecule has 8 heteroatoms. The predicted molar refractivity (Wildman–Crippen MR) is 480 cm³/mol. The zero-order valence-electron chi connectivity index (χ0n) is 63.8. The SMILES string of the molecule is [C-]#[N+]c1ccc2c(c1)C(c1ccccc1)(c1ccccc1)c1cccc(-c3ccc(-c4nc(-c5ccc6ccccc6c5)nc(-c5ccc6ccccc6c5)n4)cc3)c1-2.[C-]#[N+]c1ccc2c(c1)C(c1ccccc1)(c1ccccc1)c1cccc(-c3ccc(-c4nc(-c5cccc6ccccc56)nc(-c5cccc6ccccc56)n4)cc3)c1-2. The average Bonchev–Trinajstić information content (AvgIpc) is 1.53. The molecule has 0 aliphatic heterocycles. The summed E-state index contributed by atoms with van der Waals surface area (Å²) in [6, 6.07) is 144. The van der Waals surface area contributed by atoms with Crippen molar-refractivity contribution in [1.82, 2.24) is 29.9 Å². The Labute approximate surface area is 683 Å². The van der Waals surface area contributed by atoms with Gasteiger partial charge in [-0.3, -0.25) is 0 Å². The zero-order valence-corrected chi connectivity index (χ0v) is 63.8. The van der Waals surface area contributed by atoms with Gasteiger partial charge < -0.3 is 0 Å². The summed E-state index contributed by atoms with van der Waals surface area (Å²) in [7, 11) is 0. The van der Waals surface area contributed by atoms with E-state index in [-0.39, 0.29) is 0 Å². The Hall–Kier alpha value is -16.0. The maximum absolute atomic E-state index is 7.98. The van der Waals surface area contributed by atoms with Crippen LogP contribution in [0.1, 0.15) is 44.5 Å². The van der Waals surface area contributed by atoms with Gasteiger partial charge in [0.25, 0.3) is 0 Å². The van der Waals surface area contributed by atoms with E-state index >= 15 is 0 Å². The minimum atomic E-state index is -0.606. The third-order valence-electron chi connectivity index (χ3n) is 23.6. The highest BCUT2D eigenvalue weighted by Gasteiger charge is 2.49. The maximum atomic E-state index is 7.98. The summed E-state index contributed by atoms with van der Waals surface area (Å²) in [6.07, 6.45) is 0. The number of hydrogen-bond donors (Lipinski definition) is 0. The van der Waals surface area contributed by atoms with Gasteiger partial charge >= 0.3 is 0 Å². The molecule has 2 heterocycles. The number of nitrogens with zero attached hydrogens (tertiary/aromatic N) is 8. The van der Waals surface area contributed by atoms with Gasteiger partial charge in [-0.05, 0) is 144 Å². The second-order valence-corrected chi connectivity index (χ2v) is 30.0. The van der Waals surface area contributed by atoms with Crippen LogP contribution in [0.25, 0.3) is 166 Å². The van der Waals surface area contributed by atoms with Crippen LogP contribution in [-0.2, 0) is 10.8 Å². The maximum Gasteiger partial charge on any atom is 0.187 e. The lowest BCUT2D eigenvalue weighted by atomic mass is 9.67. The Morgan fingerprint density at radius 1 is 0.186 bits per heavy atom. The minimum Gasteiger partial charge on any atom is -0.238 e. The first kappa shape index (κ1) is 69.9. The molecule has 2 aromatic heterocycles. The lowest BCUT2D eigenvalue weighted by Gasteiger charge is -2.34. The summed E-state index contributed by atoms with van der Waals surface area (Å²) in [5, 5.41) is 9.06. The van der Waals surface area contributed by atoms with E-state index in [0.717, 1.165) is 110 Å². The molecule has 2 aliphatic rings. The van der Waals surface area contributed by atoms with Gasteiger partial charge in [0.05, 0.1) is 24.0 Å². The van der Waals surface area contributed by atoms with Crippen LogP contribution in [-0.4, -0.2) is 29.9 Å². The average molecular weight is 1500 g/mol. The van der Waals surface area contributed by atoms with Gasteiger partial charge in [0, 0.05) is 33.4 Å². The van der Waals surface area contributed by atoms with Gasteiger partial charge in [0.1, 0.15) is 0 Å². The number of fused-ring (bicyclic) bond motifs is 10. The topological polar surface area (TPSA) is 86.1 Å². The Bertz CT molecular complexity index is 7160. The molecular weight excluding hydrogens is 1430 g/mol. The molecule has 0 saturated carbocycles. The van der Waals surface area contributed by atoms with Crippen molar-refractivity contribution < 1.29 is 0 Å². The van der Waals surface area contributed by atoms with Crippen LogP contribution in [0.5, 0.6) is 0 Å². The van der Waals surface area contributed by atoms with Crippen LogP contribution in [0.15, 0.2) is 413 Å². The Balaban J connectivity index is 0.000000147. The molecule has 0 atom stereocenters. The number of rotatable bonds is 12. The summed E-state index contributed by atoms with van der Waals surface area (Å²) in [6.45, 7) is 16.0. The van der Waals surface area contributed by atoms with Crippen LogP contribution < -0.4 is 0 Å². The minimum absolute atomic E-state index is 0.604. The Kier molecular flexibility index (Phi) is 17.3. The molecule has 0 amide bonds. The van der Waals surface area contributed by atoms with Gasteiger partial charge in [0.2, 0.25) is 0 Å². The Morgan fingerprint density at radius 3 is 0.856 bits per heavy atom. The third kappa shape index (κ3) is 11.8. The molecule has 20 aromatic rings. The third-order valence-corrected chi connectivity index (χ3v) is 23.6. The Morgan fingerprint density at radius 2 is 0.475 bits per heavy atom. The van der Waals surface area contributed by atoms with Crippen molar-refractivity contribution >= 4 is 54.5 Å². The van der Waals surface area contributed by atoms with Crippen LogP contribution >= 0.6 is 0 Å². The molecule has 0 bridgehead atoms. The van der Waals surface area contributed by atoms with Crippen LogP contribution in [0, 0.1) is 13.1 Å². The molecule has 2 aliphatic carbocycles. The predicted octanol–water partition coefficient (Wildman–Crippen LogP) is 27.5. The first-order valence-electron chi connectivity index (χ1n) is 39.6. The van der Waals surface area contributed by atoms with Gasteiger partial charge in [-0.15, -0.1) is 0 Å².